The summed E-state index contributed by atoms with van der Waals surface area (Å²) in [5.41, 5.74) is 2.78. The molecule has 0 bridgehead atoms. The van der Waals surface area contributed by atoms with Crippen LogP contribution >= 0.6 is 0 Å². The quantitative estimate of drug-likeness (QED) is 0.861. The molecule has 0 spiro atoms. The van der Waals surface area contributed by atoms with Gasteiger partial charge in [-0.25, -0.2) is 4.79 Å². The maximum Gasteiger partial charge on any atom is 0.323 e. The fourth-order valence-electron chi connectivity index (χ4n) is 1.74. The van der Waals surface area contributed by atoms with Crippen LogP contribution in [0.25, 0.3) is 0 Å². The molecule has 1 rings (SSSR count). The molecule has 2 amide bonds. The number of nitrogens with one attached hydrogen (secondary N) is 1. The number of anilines is 1. The van der Waals surface area contributed by atoms with Crippen LogP contribution in [0.5, 0.6) is 0 Å². The smallest absolute Gasteiger partial charge is 0.323 e. The summed E-state index contributed by atoms with van der Waals surface area (Å²) >= 11 is 0. The Hall–Kier alpha value is -2.04. The van der Waals surface area contributed by atoms with E-state index in [1.807, 2.05) is 32.0 Å². The average Bonchev–Trinajstić information content (AvgIpc) is 2.23. The first kappa shape index (κ1) is 14.0. The van der Waals surface area contributed by atoms with Gasteiger partial charge in [0, 0.05) is 12.2 Å². The lowest BCUT2D eigenvalue weighted by Gasteiger charge is -2.19. The van der Waals surface area contributed by atoms with Gasteiger partial charge < -0.3 is 15.3 Å². The van der Waals surface area contributed by atoms with Crippen LogP contribution < -0.4 is 5.32 Å². The van der Waals surface area contributed by atoms with E-state index in [9.17, 15) is 9.59 Å². The van der Waals surface area contributed by atoms with Crippen molar-refractivity contribution < 1.29 is 14.7 Å². The number of carboxylic acids is 1. The second kappa shape index (κ2) is 6.05. The molecule has 0 saturated heterocycles. The lowest BCUT2D eigenvalue weighted by atomic mass is 10.1. The Kier molecular flexibility index (Phi) is 4.71. The fourth-order valence-corrected chi connectivity index (χ4v) is 1.74. The van der Waals surface area contributed by atoms with Crippen LogP contribution in [-0.4, -0.2) is 35.1 Å². The summed E-state index contributed by atoms with van der Waals surface area (Å²) in [6.07, 6.45) is 0. The van der Waals surface area contributed by atoms with Gasteiger partial charge >= 0.3 is 12.0 Å². The van der Waals surface area contributed by atoms with Crippen LogP contribution in [0.2, 0.25) is 0 Å². The van der Waals surface area contributed by atoms with Crippen LogP contribution in [0.4, 0.5) is 10.5 Å². The zero-order valence-corrected chi connectivity index (χ0v) is 10.9. The Balaban J connectivity index is 2.76. The summed E-state index contributed by atoms with van der Waals surface area (Å²) in [6, 6.07) is 5.30. The molecule has 0 aliphatic carbocycles. The van der Waals surface area contributed by atoms with E-state index >= 15 is 0 Å². The molecular formula is C13H18N2O3. The molecule has 0 aliphatic heterocycles. The van der Waals surface area contributed by atoms with Crippen LogP contribution in [0.1, 0.15) is 18.1 Å². The number of carbonyl (C=O) groups excluding carboxylic acids is 1. The van der Waals surface area contributed by atoms with Crippen molar-refractivity contribution in [2.45, 2.75) is 20.8 Å². The first-order valence-electron chi connectivity index (χ1n) is 5.78. The van der Waals surface area contributed by atoms with Gasteiger partial charge in [-0.15, -0.1) is 0 Å². The Bertz CT molecular complexity index is 437. The third-order valence-corrected chi connectivity index (χ3v) is 2.47. The molecule has 5 nitrogen and oxygen atoms in total. The van der Waals surface area contributed by atoms with Crippen molar-refractivity contribution >= 4 is 17.7 Å². The number of aliphatic carboxylic acids is 1. The second-order valence-corrected chi connectivity index (χ2v) is 4.21. The molecule has 2 N–H and O–H groups in total. The summed E-state index contributed by atoms with van der Waals surface area (Å²) in [4.78, 5) is 23.7. The number of hydrogen-bond acceptors (Lipinski definition) is 2. The molecule has 0 unspecified atom stereocenters. The van der Waals surface area contributed by atoms with Gasteiger partial charge in [0.1, 0.15) is 6.54 Å². The zero-order chi connectivity index (χ0) is 13.7. The molecule has 0 aliphatic rings. The highest BCUT2D eigenvalue weighted by Crippen LogP contribution is 2.14. The number of nitrogens with zero attached hydrogens (tertiary/aromatic N) is 1. The van der Waals surface area contributed by atoms with Crippen LogP contribution in [0.3, 0.4) is 0 Å². The van der Waals surface area contributed by atoms with Gasteiger partial charge in [0.25, 0.3) is 0 Å². The minimum absolute atomic E-state index is 0.298. The van der Waals surface area contributed by atoms with Gasteiger partial charge in [0.15, 0.2) is 0 Å². The fraction of sp³-hybridized carbons (Fsp3) is 0.385. The number of carboxylic acid groups (broad SMARTS) is 1. The summed E-state index contributed by atoms with van der Waals surface area (Å²) < 4.78 is 0. The molecule has 0 aromatic heterocycles. The molecule has 98 valence electrons. The van der Waals surface area contributed by atoms with Crippen molar-refractivity contribution in [1.82, 2.24) is 4.90 Å². The summed E-state index contributed by atoms with van der Waals surface area (Å²) in [5, 5.41) is 11.4. The second-order valence-electron chi connectivity index (χ2n) is 4.21. The molecule has 0 radical (unpaired) electrons. The number of benzene rings is 1. The number of hydrogen-bond donors (Lipinski definition) is 2. The maximum absolute atomic E-state index is 11.9. The maximum atomic E-state index is 11.9. The first-order valence-corrected chi connectivity index (χ1v) is 5.78. The van der Waals surface area contributed by atoms with E-state index in [1.54, 1.807) is 6.92 Å². The third kappa shape index (κ3) is 4.08. The highest BCUT2D eigenvalue weighted by Gasteiger charge is 2.14. The molecule has 0 saturated carbocycles. The van der Waals surface area contributed by atoms with Crippen molar-refractivity contribution in [3.05, 3.63) is 29.3 Å². The van der Waals surface area contributed by atoms with Gasteiger partial charge in [-0.05, 0) is 44.0 Å². The van der Waals surface area contributed by atoms with E-state index in [0.29, 0.717) is 12.2 Å². The highest BCUT2D eigenvalue weighted by molar-refractivity contribution is 5.91. The van der Waals surface area contributed by atoms with Crippen LogP contribution in [0.15, 0.2) is 18.2 Å². The average molecular weight is 250 g/mol. The monoisotopic (exact) mass is 250 g/mol. The molecule has 0 heterocycles. The van der Waals surface area contributed by atoms with Crippen LogP contribution in [0, 0.1) is 13.8 Å². The Morgan fingerprint density at radius 3 is 2.22 bits per heavy atom. The lowest BCUT2D eigenvalue weighted by Crippen LogP contribution is -2.38. The van der Waals surface area contributed by atoms with Crippen molar-refractivity contribution in [3.63, 3.8) is 0 Å². The Morgan fingerprint density at radius 1 is 1.22 bits per heavy atom. The predicted octanol–water partition coefficient (Wildman–Crippen LogP) is 2.24. The predicted molar refractivity (Wildman–Crippen MR) is 69.8 cm³/mol. The molecule has 1 aromatic carbocycles. The molecule has 18 heavy (non-hydrogen) atoms. The van der Waals surface area contributed by atoms with E-state index in [0.717, 1.165) is 11.1 Å². The number of likely N-dealkylation sites (N-methyl/N-ethyl adjacent to an activating group) is 1. The van der Waals surface area contributed by atoms with Crippen molar-refractivity contribution in [3.8, 4) is 0 Å². The first-order chi connectivity index (χ1) is 8.42. The van der Waals surface area contributed by atoms with Gasteiger partial charge in [0.05, 0.1) is 0 Å². The molecule has 5 heteroatoms. The van der Waals surface area contributed by atoms with E-state index in [2.05, 4.69) is 5.32 Å². The molecule has 1 aromatic rings. The number of amides is 2. The number of rotatable bonds is 4. The van der Waals surface area contributed by atoms with E-state index in [1.165, 1.54) is 4.90 Å². The summed E-state index contributed by atoms with van der Waals surface area (Å²) in [6.45, 7) is 5.68. The zero-order valence-electron chi connectivity index (χ0n) is 10.9. The van der Waals surface area contributed by atoms with E-state index < -0.39 is 12.0 Å². The summed E-state index contributed by atoms with van der Waals surface area (Å²) in [7, 11) is 0. The van der Waals surface area contributed by atoms with Gasteiger partial charge in [0.2, 0.25) is 0 Å². The van der Waals surface area contributed by atoms with Crippen molar-refractivity contribution in [2.24, 2.45) is 0 Å². The number of urea groups is 1. The van der Waals surface area contributed by atoms with E-state index in [-0.39, 0.29) is 6.54 Å². The van der Waals surface area contributed by atoms with Crippen LogP contribution in [-0.2, 0) is 4.79 Å². The van der Waals surface area contributed by atoms with Crippen molar-refractivity contribution in [2.75, 3.05) is 18.4 Å². The van der Waals surface area contributed by atoms with Gasteiger partial charge in [-0.3, -0.25) is 4.79 Å². The van der Waals surface area contributed by atoms with E-state index in [4.69, 9.17) is 5.11 Å². The minimum atomic E-state index is -1.02. The number of carbonyl (C=O) groups is 2. The number of aryl methyl sites for hydroxylation is 2. The SMILES string of the molecule is CCN(CC(=O)O)C(=O)Nc1cc(C)cc(C)c1. The van der Waals surface area contributed by atoms with Crippen molar-refractivity contribution in [1.29, 1.82) is 0 Å². The standard InChI is InChI=1S/C13H18N2O3/c1-4-15(8-12(16)17)13(18)14-11-6-9(2)5-10(3)7-11/h5-7H,4,8H2,1-3H3,(H,14,18)(H,16,17). The Morgan fingerprint density at radius 2 is 1.78 bits per heavy atom. The lowest BCUT2D eigenvalue weighted by molar-refractivity contribution is -0.137. The van der Waals surface area contributed by atoms with Gasteiger partial charge in [-0.2, -0.15) is 0 Å². The molecule has 0 fully saturated rings. The highest BCUT2D eigenvalue weighted by atomic mass is 16.4. The molecular weight excluding hydrogens is 232 g/mol. The Labute approximate surface area is 106 Å². The normalized spacial score (nSPS) is 9.94. The largest absolute Gasteiger partial charge is 0.480 e. The third-order valence-electron chi connectivity index (χ3n) is 2.47. The molecule has 0 atom stereocenters. The minimum Gasteiger partial charge on any atom is -0.480 e. The summed E-state index contributed by atoms with van der Waals surface area (Å²) in [5.74, 6) is -1.02. The topological polar surface area (TPSA) is 69.6 Å². The van der Waals surface area contributed by atoms with Gasteiger partial charge in [-0.1, -0.05) is 6.07 Å².